The summed E-state index contributed by atoms with van der Waals surface area (Å²) in [5.41, 5.74) is 1.78. The molecule has 1 atom stereocenters. The number of halogens is 1. The maximum absolute atomic E-state index is 12.1. The zero-order valence-corrected chi connectivity index (χ0v) is 13.3. The number of carbonyl (C=O) groups excluding carboxylic acids is 1. The van der Waals surface area contributed by atoms with Crippen molar-refractivity contribution >= 4 is 24.0 Å². The van der Waals surface area contributed by atoms with Crippen LogP contribution in [0.5, 0.6) is 5.75 Å². The van der Waals surface area contributed by atoms with Gasteiger partial charge in [-0.3, -0.25) is 4.79 Å². The molecule has 0 saturated carbocycles. The molecule has 0 aliphatic carbocycles. The highest BCUT2D eigenvalue weighted by Gasteiger charge is 2.22. The Labute approximate surface area is 131 Å². The largest absolute Gasteiger partial charge is 0.494 e. The first-order valence-corrected chi connectivity index (χ1v) is 7.07. The summed E-state index contributed by atoms with van der Waals surface area (Å²) in [5, 5.41) is 6.05. The highest BCUT2D eigenvalue weighted by Crippen LogP contribution is 2.22. The summed E-state index contributed by atoms with van der Waals surface area (Å²) in [6.45, 7) is 6.65. The molecule has 0 spiro atoms. The molecule has 21 heavy (non-hydrogen) atoms. The first-order chi connectivity index (χ1) is 9.70. The molecule has 1 amide bonds. The Morgan fingerprint density at radius 2 is 2.33 bits per heavy atom. The summed E-state index contributed by atoms with van der Waals surface area (Å²) in [6.07, 6.45) is 0.558. The number of ether oxygens (including phenoxy) is 2. The van der Waals surface area contributed by atoms with E-state index in [0.29, 0.717) is 19.8 Å². The second kappa shape index (κ2) is 8.87. The summed E-state index contributed by atoms with van der Waals surface area (Å²) in [6, 6.07) is 5.68. The minimum absolute atomic E-state index is 0. The lowest BCUT2D eigenvalue weighted by Gasteiger charge is -2.23. The maximum Gasteiger partial charge on any atom is 0.254 e. The number of anilines is 1. The molecule has 2 rings (SSSR count). The molecule has 5 nitrogen and oxygen atoms in total. The number of hydrogen-bond donors (Lipinski definition) is 2. The lowest BCUT2D eigenvalue weighted by atomic mass is 10.1. The second-order valence-electron chi connectivity index (χ2n) is 4.88. The topological polar surface area (TPSA) is 59.6 Å². The van der Waals surface area contributed by atoms with E-state index in [2.05, 4.69) is 17.6 Å². The second-order valence-corrected chi connectivity index (χ2v) is 4.88. The lowest BCUT2D eigenvalue weighted by Crippen LogP contribution is -2.45. The zero-order chi connectivity index (χ0) is 14.4. The van der Waals surface area contributed by atoms with Gasteiger partial charge in [0.2, 0.25) is 0 Å². The SMILES string of the molecule is CCCOc1ccc(NC(=O)C2CNCCO2)c(C)c1.Cl. The van der Waals surface area contributed by atoms with Gasteiger partial charge in [-0.1, -0.05) is 6.92 Å². The van der Waals surface area contributed by atoms with Gasteiger partial charge in [0.15, 0.2) is 0 Å². The molecular formula is C15H23ClN2O3. The molecule has 1 aromatic rings. The van der Waals surface area contributed by atoms with Gasteiger partial charge in [-0.15, -0.1) is 12.4 Å². The lowest BCUT2D eigenvalue weighted by molar-refractivity contribution is -0.128. The van der Waals surface area contributed by atoms with Crippen LogP contribution in [0.4, 0.5) is 5.69 Å². The fourth-order valence-electron chi connectivity index (χ4n) is 2.03. The maximum atomic E-state index is 12.1. The van der Waals surface area contributed by atoms with Crippen molar-refractivity contribution in [1.82, 2.24) is 5.32 Å². The number of morpholine rings is 1. The standard InChI is InChI=1S/C15H22N2O3.ClH/c1-3-7-19-12-4-5-13(11(2)9-12)17-15(18)14-10-16-6-8-20-14;/h4-5,9,14,16H,3,6-8,10H2,1-2H3,(H,17,18);1H. The highest BCUT2D eigenvalue weighted by molar-refractivity contribution is 5.95. The zero-order valence-electron chi connectivity index (χ0n) is 12.5. The molecule has 6 heteroatoms. The molecule has 1 aliphatic rings. The molecule has 118 valence electrons. The van der Waals surface area contributed by atoms with E-state index < -0.39 is 6.10 Å². The quantitative estimate of drug-likeness (QED) is 0.874. The Morgan fingerprint density at radius 3 is 2.95 bits per heavy atom. The molecule has 1 aromatic carbocycles. The predicted molar refractivity (Wildman–Crippen MR) is 85.5 cm³/mol. The van der Waals surface area contributed by atoms with Crippen LogP contribution in [0.25, 0.3) is 0 Å². The number of nitrogens with one attached hydrogen (secondary N) is 2. The van der Waals surface area contributed by atoms with E-state index in [0.717, 1.165) is 30.0 Å². The van der Waals surface area contributed by atoms with E-state index >= 15 is 0 Å². The third kappa shape index (κ3) is 5.19. The van der Waals surface area contributed by atoms with Gasteiger partial charge in [-0.25, -0.2) is 0 Å². The molecule has 2 N–H and O–H groups in total. The van der Waals surface area contributed by atoms with Gasteiger partial charge in [0.25, 0.3) is 5.91 Å². The van der Waals surface area contributed by atoms with Crippen molar-refractivity contribution in [2.45, 2.75) is 26.4 Å². The Kier molecular flexibility index (Phi) is 7.50. The van der Waals surface area contributed by atoms with Crippen molar-refractivity contribution < 1.29 is 14.3 Å². The van der Waals surface area contributed by atoms with E-state index in [1.807, 2.05) is 25.1 Å². The predicted octanol–water partition coefficient (Wildman–Crippen LogP) is 2.13. The number of amides is 1. The Hall–Kier alpha value is -1.30. The Balaban J connectivity index is 0.00000220. The van der Waals surface area contributed by atoms with Crippen LogP contribution < -0.4 is 15.4 Å². The van der Waals surface area contributed by atoms with Gasteiger partial charge in [-0.2, -0.15) is 0 Å². The average Bonchev–Trinajstić information content (AvgIpc) is 2.48. The van der Waals surface area contributed by atoms with Crippen LogP contribution in [-0.4, -0.2) is 38.3 Å². The van der Waals surface area contributed by atoms with E-state index in [1.165, 1.54) is 0 Å². The summed E-state index contributed by atoms with van der Waals surface area (Å²) < 4.78 is 11.0. The summed E-state index contributed by atoms with van der Waals surface area (Å²) >= 11 is 0. The van der Waals surface area contributed by atoms with Gasteiger partial charge in [0.1, 0.15) is 11.9 Å². The first kappa shape index (κ1) is 17.8. The van der Waals surface area contributed by atoms with Gasteiger partial charge in [0, 0.05) is 18.8 Å². The minimum Gasteiger partial charge on any atom is -0.494 e. The van der Waals surface area contributed by atoms with Crippen molar-refractivity contribution in [3.63, 3.8) is 0 Å². The van der Waals surface area contributed by atoms with Crippen molar-refractivity contribution in [3.8, 4) is 5.75 Å². The fourth-order valence-corrected chi connectivity index (χ4v) is 2.03. The van der Waals surface area contributed by atoms with Crippen LogP contribution in [0.3, 0.4) is 0 Å². The van der Waals surface area contributed by atoms with Crippen molar-refractivity contribution in [2.75, 3.05) is 31.6 Å². The molecule has 1 heterocycles. The smallest absolute Gasteiger partial charge is 0.254 e. The molecule has 1 fully saturated rings. The monoisotopic (exact) mass is 314 g/mol. The number of benzene rings is 1. The fraction of sp³-hybridized carbons (Fsp3) is 0.533. The molecule has 0 bridgehead atoms. The van der Waals surface area contributed by atoms with E-state index in [-0.39, 0.29) is 18.3 Å². The van der Waals surface area contributed by atoms with Crippen LogP contribution in [0.15, 0.2) is 18.2 Å². The number of aryl methyl sites for hydroxylation is 1. The van der Waals surface area contributed by atoms with Gasteiger partial charge >= 0.3 is 0 Å². The van der Waals surface area contributed by atoms with E-state index in [4.69, 9.17) is 9.47 Å². The highest BCUT2D eigenvalue weighted by atomic mass is 35.5. The minimum atomic E-state index is -0.417. The average molecular weight is 315 g/mol. The Morgan fingerprint density at radius 1 is 1.52 bits per heavy atom. The van der Waals surface area contributed by atoms with Crippen molar-refractivity contribution in [3.05, 3.63) is 23.8 Å². The summed E-state index contributed by atoms with van der Waals surface area (Å²) in [4.78, 5) is 12.1. The van der Waals surface area contributed by atoms with Crippen molar-refractivity contribution in [2.24, 2.45) is 0 Å². The summed E-state index contributed by atoms with van der Waals surface area (Å²) in [5.74, 6) is 0.723. The van der Waals surface area contributed by atoms with Gasteiger partial charge in [0.05, 0.1) is 13.2 Å². The molecule has 1 saturated heterocycles. The molecule has 0 aromatic heterocycles. The number of carbonyl (C=O) groups is 1. The van der Waals surface area contributed by atoms with E-state index in [9.17, 15) is 4.79 Å². The van der Waals surface area contributed by atoms with E-state index in [1.54, 1.807) is 0 Å². The molecule has 1 unspecified atom stereocenters. The Bertz CT molecular complexity index is 462. The third-order valence-electron chi connectivity index (χ3n) is 3.15. The van der Waals surface area contributed by atoms with Gasteiger partial charge in [-0.05, 0) is 37.1 Å². The van der Waals surface area contributed by atoms with Crippen LogP contribution in [0.1, 0.15) is 18.9 Å². The normalized spacial score (nSPS) is 17.7. The third-order valence-corrected chi connectivity index (χ3v) is 3.15. The summed E-state index contributed by atoms with van der Waals surface area (Å²) in [7, 11) is 0. The van der Waals surface area contributed by atoms with Crippen LogP contribution in [0, 0.1) is 6.92 Å². The van der Waals surface area contributed by atoms with Crippen molar-refractivity contribution in [1.29, 1.82) is 0 Å². The number of rotatable bonds is 5. The molecule has 0 radical (unpaired) electrons. The molecule has 1 aliphatic heterocycles. The van der Waals surface area contributed by atoms with Crippen LogP contribution in [-0.2, 0) is 9.53 Å². The first-order valence-electron chi connectivity index (χ1n) is 7.07. The van der Waals surface area contributed by atoms with Crippen LogP contribution >= 0.6 is 12.4 Å². The van der Waals surface area contributed by atoms with Gasteiger partial charge < -0.3 is 20.1 Å². The number of hydrogen-bond acceptors (Lipinski definition) is 4. The van der Waals surface area contributed by atoms with Crippen LogP contribution in [0.2, 0.25) is 0 Å². The molecular weight excluding hydrogens is 292 g/mol.